The predicted octanol–water partition coefficient (Wildman–Crippen LogP) is 3.07. The molecule has 0 aromatic rings. The quantitative estimate of drug-likeness (QED) is 0.448. The van der Waals surface area contributed by atoms with Crippen molar-refractivity contribution in [2.45, 2.75) is 75.8 Å². The van der Waals surface area contributed by atoms with E-state index in [1.807, 2.05) is 18.7 Å². The first-order valence-corrected chi connectivity index (χ1v) is 10.9. The molecule has 2 rings (SSSR count). The van der Waals surface area contributed by atoms with Gasteiger partial charge in [-0.05, 0) is 55.1 Å². The van der Waals surface area contributed by atoms with E-state index in [-0.39, 0.29) is 46.9 Å². The number of nitrogens with zero attached hydrogens (tertiary/aromatic N) is 1. The van der Waals surface area contributed by atoms with E-state index in [0.29, 0.717) is 23.5 Å². The van der Waals surface area contributed by atoms with Crippen LogP contribution in [0.1, 0.15) is 53.9 Å². The maximum Gasteiger partial charge on any atom is 0.225 e. The highest BCUT2D eigenvalue weighted by Crippen LogP contribution is 2.40. The van der Waals surface area contributed by atoms with E-state index in [4.69, 9.17) is 11.6 Å². The molecule has 1 amide bonds. The highest BCUT2D eigenvalue weighted by Gasteiger charge is 2.36. The van der Waals surface area contributed by atoms with Crippen LogP contribution in [0.5, 0.6) is 0 Å². The van der Waals surface area contributed by atoms with Gasteiger partial charge < -0.3 is 15.4 Å². The molecule has 1 aliphatic heterocycles. The Bertz CT molecular complexity index is 498. The molecule has 6 unspecified atom stereocenters. The van der Waals surface area contributed by atoms with Crippen molar-refractivity contribution in [3.63, 3.8) is 0 Å². The molecule has 0 aromatic heterocycles. The van der Waals surface area contributed by atoms with E-state index >= 15 is 0 Å². The van der Waals surface area contributed by atoms with Gasteiger partial charge >= 0.3 is 0 Å². The van der Waals surface area contributed by atoms with Gasteiger partial charge in [-0.2, -0.15) is 11.8 Å². The Morgan fingerprint density at radius 2 is 2.00 bits per heavy atom. The van der Waals surface area contributed by atoms with Crippen LogP contribution < -0.4 is 10.4 Å². The van der Waals surface area contributed by atoms with Gasteiger partial charge in [0.1, 0.15) is 0 Å². The summed E-state index contributed by atoms with van der Waals surface area (Å²) in [7, 11) is 0. The lowest BCUT2D eigenvalue weighted by molar-refractivity contribution is -0.226. The number of halogens is 1. The summed E-state index contributed by atoms with van der Waals surface area (Å²) in [6.45, 7) is 10.9. The van der Waals surface area contributed by atoms with Crippen LogP contribution in [0.25, 0.3) is 0 Å². The standard InChI is InChI=1S/C19H33ClN2O2S/c1-10(2)25-17-8-14(20)7-15(13(17)5)18(23)21-9-16-11(3)6-12(4)22-19(16)24/h10-17H,6-9H2,1-5H3,(H,21,23)(H,22,24)/p-1/t11?,12?,13?,14?,15?,16-,17?/m1/s1. The summed E-state index contributed by atoms with van der Waals surface area (Å²) in [6.07, 6.45) is 2.59. The van der Waals surface area contributed by atoms with Gasteiger partial charge in [0.25, 0.3) is 0 Å². The highest BCUT2D eigenvalue weighted by atomic mass is 35.5. The van der Waals surface area contributed by atoms with Crippen LogP contribution in [0.4, 0.5) is 0 Å². The van der Waals surface area contributed by atoms with Crippen molar-refractivity contribution in [3.05, 3.63) is 0 Å². The second kappa shape index (κ2) is 8.98. The number of carbonyl (C=O) groups is 1. The van der Waals surface area contributed by atoms with E-state index in [0.717, 1.165) is 12.8 Å². The van der Waals surface area contributed by atoms with Gasteiger partial charge in [0.15, 0.2) is 0 Å². The fourth-order valence-corrected chi connectivity index (χ4v) is 6.09. The zero-order valence-corrected chi connectivity index (χ0v) is 17.6. The fourth-order valence-electron chi connectivity index (χ4n) is 4.12. The summed E-state index contributed by atoms with van der Waals surface area (Å²) < 4.78 is 0. The molecule has 0 radical (unpaired) electrons. The molecule has 0 bridgehead atoms. The minimum atomic E-state index is -0.188. The topological polar surface area (TPSA) is 64.5 Å². The molecule has 0 spiro atoms. The minimum Gasteiger partial charge on any atom is -0.862 e. The summed E-state index contributed by atoms with van der Waals surface area (Å²) in [4.78, 5) is 16.5. The number of hydrogen-bond donors (Lipinski definition) is 1. The Kier molecular flexibility index (Phi) is 7.51. The third-order valence-electron chi connectivity index (χ3n) is 5.56. The van der Waals surface area contributed by atoms with Crippen molar-refractivity contribution in [1.82, 2.24) is 5.32 Å². The second-order valence-corrected chi connectivity index (χ2v) is 10.6. The Morgan fingerprint density at radius 3 is 2.60 bits per heavy atom. The molecule has 144 valence electrons. The summed E-state index contributed by atoms with van der Waals surface area (Å²) in [5.41, 5.74) is 0. The number of aliphatic imine (C=N–C) groups is 1. The number of hydrogen-bond acceptors (Lipinski definition) is 4. The molecule has 25 heavy (non-hydrogen) atoms. The second-order valence-electron chi connectivity index (χ2n) is 8.17. The molecule has 7 atom stereocenters. The van der Waals surface area contributed by atoms with E-state index in [1.54, 1.807) is 0 Å². The molecular weight excluding hydrogens is 356 g/mol. The van der Waals surface area contributed by atoms with Crippen LogP contribution in [-0.2, 0) is 4.79 Å². The third-order valence-corrected chi connectivity index (χ3v) is 7.44. The lowest BCUT2D eigenvalue weighted by atomic mass is 9.79. The lowest BCUT2D eigenvalue weighted by Crippen LogP contribution is -2.48. The molecule has 1 aliphatic carbocycles. The number of alkyl halides is 1. The number of rotatable bonds is 5. The van der Waals surface area contributed by atoms with Gasteiger partial charge in [-0.15, -0.1) is 11.6 Å². The van der Waals surface area contributed by atoms with Gasteiger partial charge in [0, 0.05) is 23.2 Å². The molecule has 0 aromatic carbocycles. The number of nitrogens with one attached hydrogen (secondary N) is 1. The van der Waals surface area contributed by atoms with Crippen molar-refractivity contribution in [3.8, 4) is 0 Å². The largest absolute Gasteiger partial charge is 0.862 e. The number of thioether (sulfide) groups is 1. The first-order valence-electron chi connectivity index (χ1n) is 9.50. The van der Waals surface area contributed by atoms with Crippen LogP contribution in [-0.4, -0.2) is 40.3 Å². The zero-order chi connectivity index (χ0) is 18.7. The van der Waals surface area contributed by atoms with Crippen molar-refractivity contribution in [1.29, 1.82) is 0 Å². The average molecular weight is 388 g/mol. The lowest BCUT2D eigenvalue weighted by Gasteiger charge is -2.41. The van der Waals surface area contributed by atoms with Gasteiger partial charge in [-0.1, -0.05) is 27.7 Å². The number of amides is 1. The van der Waals surface area contributed by atoms with E-state index in [2.05, 4.69) is 38.0 Å². The third kappa shape index (κ3) is 5.53. The Labute approximate surface area is 161 Å². The molecule has 4 nitrogen and oxygen atoms in total. The Morgan fingerprint density at radius 1 is 1.32 bits per heavy atom. The zero-order valence-electron chi connectivity index (χ0n) is 16.0. The molecular formula is C19H32ClN2O2S-. The Hall–Kier alpha value is -0.420. The monoisotopic (exact) mass is 387 g/mol. The molecule has 2 fully saturated rings. The first kappa shape index (κ1) is 20.9. The normalized spacial score (nSPS) is 40.2. The van der Waals surface area contributed by atoms with Gasteiger partial charge in [-0.25, -0.2) is 0 Å². The van der Waals surface area contributed by atoms with Crippen LogP contribution in [0, 0.1) is 23.7 Å². The van der Waals surface area contributed by atoms with Gasteiger partial charge in [0.05, 0.1) is 5.92 Å². The van der Waals surface area contributed by atoms with Crippen molar-refractivity contribution in [2.75, 3.05) is 6.54 Å². The molecule has 1 saturated heterocycles. The van der Waals surface area contributed by atoms with E-state index in [9.17, 15) is 9.90 Å². The summed E-state index contributed by atoms with van der Waals surface area (Å²) >= 11 is 8.35. The summed E-state index contributed by atoms with van der Waals surface area (Å²) in [5.74, 6) is 0.194. The smallest absolute Gasteiger partial charge is 0.225 e. The fraction of sp³-hybridized carbons (Fsp3) is 0.895. The van der Waals surface area contributed by atoms with Gasteiger partial charge in [-0.3, -0.25) is 4.79 Å². The van der Waals surface area contributed by atoms with Crippen LogP contribution in [0.3, 0.4) is 0 Å². The summed E-state index contributed by atoms with van der Waals surface area (Å²) in [6, 6.07) is 0.207. The highest BCUT2D eigenvalue weighted by molar-refractivity contribution is 8.00. The predicted molar refractivity (Wildman–Crippen MR) is 105 cm³/mol. The molecule has 1 saturated carbocycles. The van der Waals surface area contributed by atoms with Crippen molar-refractivity contribution in [2.24, 2.45) is 28.7 Å². The molecule has 1 N–H and O–H groups in total. The maximum absolute atomic E-state index is 12.7. The number of piperidine rings is 1. The SMILES string of the molecule is CC1CC(C)[C@@H](CN=C([O-])C2CC(Cl)CC(SC(C)C)C2C)C(=O)N1. The molecule has 2 aliphatic rings. The average Bonchev–Trinajstić information content (AvgIpc) is 2.48. The van der Waals surface area contributed by atoms with E-state index < -0.39 is 0 Å². The van der Waals surface area contributed by atoms with Crippen LogP contribution >= 0.6 is 23.4 Å². The Balaban J connectivity index is 2.03. The number of carbonyl (C=O) groups excluding carboxylic acids is 1. The first-order chi connectivity index (χ1) is 11.7. The van der Waals surface area contributed by atoms with Crippen molar-refractivity contribution < 1.29 is 9.90 Å². The minimum absolute atomic E-state index is 0.0305. The van der Waals surface area contributed by atoms with Crippen LogP contribution in [0.15, 0.2) is 4.99 Å². The summed E-state index contributed by atoms with van der Waals surface area (Å²) in [5, 5.41) is 16.7. The van der Waals surface area contributed by atoms with E-state index in [1.165, 1.54) is 0 Å². The van der Waals surface area contributed by atoms with Crippen molar-refractivity contribution >= 4 is 35.2 Å². The van der Waals surface area contributed by atoms with Gasteiger partial charge in [0.2, 0.25) is 5.91 Å². The molecule has 1 heterocycles. The maximum atomic E-state index is 12.7. The van der Waals surface area contributed by atoms with Crippen LogP contribution in [0.2, 0.25) is 0 Å². The molecule has 6 heteroatoms.